The van der Waals surface area contributed by atoms with Crippen molar-refractivity contribution in [3.8, 4) is 0 Å². The molecule has 0 radical (unpaired) electrons. The molecule has 6 unspecified atom stereocenters. The smallest absolute Gasteiger partial charge is 0.335 e. The Morgan fingerprint density at radius 3 is 1.28 bits per heavy atom. The Hall–Kier alpha value is -3.06. The van der Waals surface area contributed by atoms with Crippen LogP contribution in [0.1, 0.15) is 290 Å². The molecule has 0 aliphatic carbocycles. The van der Waals surface area contributed by atoms with E-state index in [9.17, 15) is 34.5 Å². The van der Waals surface area contributed by atoms with E-state index in [4.69, 9.17) is 23.7 Å². The van der Waals surface area contributed by atoms with Crippen molar-refractivity contribution in [2.75, 3.05) is 13.2 Å². The molecule has 0 aromatic carbocycles. The predicted octanol–water partition coefficient (Wildman–Crippen LogP) is 16.0. The van der Waals surface area contributed by atoms with Crippen LogP contribution in [0.15, 0.2) is 36.5 Å². The second-order valence-electron chi connectivity index (χ2n) is 21.3. The van der Waals surface area contributed by atoms with E-state index in [1.807, 2.05) is 0 Å². The van der Waals surface area contributed by atoms with Crippen molar-refractivity contribution in [2.24, 2.45) is 0 Å². The van der Waals surface area contributed by atoms with E-state index < -0.39 is 67.3 Å². The van der Waals surface area contributed by atoms with Gasteiger partial charge in [0.05, 0.1) is 6.61 Å². The highest BCUT2D eigenvalue weighted by Gasteiger charge is 2.50. The van der Waals surface area contributed by atoms with Crippen LogP contribution in [0, 0.1) is 0 Å². The van der Waals surface area contributed by atoms with Gasteiger partial charge in [0.15, 0.2) is 24.6 Å². The van der Waals surface area contributed by atoms with E-state index in [1.54, 1.807) is 0 Å². The Balaban J connectivity index is 2.64. The summed E-state index contributed by atoms with van der Waals surface area (Å²) in [6.07, 6.45) is 48.3. The summed E-state index contributed by atoms with van der Waals surface area (Å²) in [5.41, 5.74) is 0. The van der Waals surface area contributed by atoms with Gasteiger partial charge in [-0.15, -0.1) is 0 Å². The number of aliphatic hydroxyl groups is 2. The van der Waals surface area contributed by atoms with E-state index in [1.165, 1.54) is 122 Å². The quantitative estimate of drug-likeness (QED) is 0.0228. The van der Waals surface area contributed by atoms with Gasteiger partial charge in [-0.3, -0.25) is 14.4 Å². The van der Waals surface area contributed by atoms with E-state index in [0.717, 1.165) is 109 Å². The van der Waals surface area contributed by atoms with E-state index in [2.05, 4.69) is 57.2 Å². The molecular formula is C63H112O12. The second-order valence-corrected chi connectivity index (χ2v) is 21.3. The topological polar surface area (TPSA) is 175 Å². The number of ether oxygens (including phenoxy) is 5. The van der Waals surface area contributed by atoms with Crippen molar-refractivity contribution in [1.29, 1.82) is 0 Å². The molecule has 12 nitrogen and oxygen atoms in total. The lowest BCUT2D eigenvalue weighted by Crippen LogP contribution is -2.61. The average molecular weight is 1060 g/mol. The molecule has 1 heterocycles. The third-order valence-corrected chi connectivity index (χ3v) is 14.2. The zero-order chi connectivity index (χ0) is 54.7. The molecule has 1 aliphatic heterocycles. The summed E-state index contributed by atoms with van der Waals surface area (Å²) in [7, 11) is 0. The average Bonchev–Trinajstić information content (AvgIpc) is 3.39. The van der Waals surface area contributed by atoms with E-state index in [-0.39, 0.29) is 25.9 Å². The van der Waals surface area contributed by atoms with Gasteiger partial charge in [0.25, 0.3) is 0 Å². The SMILES string of the molecule is CCC/C=C\C/C=C\CCCCCCCC(=O)OCC(COC1OC(C(=O)O)C(O)C(O)C1OC(=O)CCCCCCCCCCCCCCCCCCCCC)OC(=O)CCCCCCC/C=C\CCCCCC. The molecule has 12 heteroatoms. The molecule has 0 aromatic rings. The van der Waals surface area contributed by atoms with Crippen LogP contribution >= 0.6 is 0 Å². The minimum absolute atomic E-state index is 0.0638. The minimum atomic E-state index is -1.90. The Morgan fingerprint density at radius 1 is 0.440 bits per heavy atom. The fourth-order valence-electron chi connectivity index (χ4n) is 9.40. The number of carboxylic acids is 1. The normalized spacial score (nSPS) is 18.3. The van der Waals surface area contributed by atoms with Gasteiger partial charge < -0.3 is 39.0 Å². The summed E-state index contributed by atoms with van der Waals surface area (Å²) >= 11 is 0. The monoisotopic (exact) mass is 1060 g/mol. The first-order valence-corrected chi connectivity index (χ1v) is 31.0. The molecule has 0 amide bonds. The number of carbonyl (C=O) groups excluding carboxylic acids is 3. The Kier molecular flexibility index (Phi) is 48.2. The lowest BCUT2D eigenvalue weighted by Gasteiger charge is -2.40. The number of rotatable bonds is 53. The van der Waals surface area contributed by atoms with Crippen LogP contribution in [-0.2, 0) is 42.9 Å². The summed E-state index contributed by atoms with van der Waals surface area (Å²) in [5, 5.41) is 31.5. The molecule has 1 saturated heterocycles. The lowest BCUT2D eigenvalue weighted by atomic mass is 9.98. The first-order valence-electron chi connectivity index (χ1n) is 31.0. The highest BCUT2D eigenvalue weighted by atomic mass is 16.7. The third-order valence-electron chi connectivity index (χ3n) is 14.2. The number of aliphatic carboxylic acids is 1. The minimum Gasteiger partial charge on any atom is -0.479 e. The van der Waals surface area contributed by atoms with Crippen LogP contribution in [0.3, 0.4) is 0 Å². The van der Waals surface area contributed by atoms with Crippen molar-refractivity contribution < 1.29 is 58.2 Å². The van der Waals surface area contributed by atoms with Crippen molar-refractivity contribution in [3.63, 3.8) is 0 Å². The molecule has 0 spiro atoms. The maximum absolute atomic E-state index is 13.1. The van der Waals surface area contributed by atoms with Crippen LogP contribution < -0.4 is 0 Å². The van der Waals surface area contributed by atoms with Crippen LogP contribution in [0.2, 0.25) is 0 Å². The van der Waals surface area contributed by atoms with Crippen molar-refractivity contribution in [3.05, 3.63) is 36.5 Å². The van der Waals surface area contributed by atoms with Crippen LogP contribution in [-0.4, -0.2) is 89.2 Å². The molecule has 0 aromatic heterocycles. The number of unbranched alkanes of at least 4 members (excludes halogenated alkanes) is 33. The van der Waals surface area contributed by atoms with E-state index >= 15 is 0 Å². The number of hydrogen-bond donors (Lipinski definition) is 3. The van der Waals surface area contributed by atoms with Gasteiger partial charge in [0, 0.05) is 19.3 Å². The molecule has 3 N–H and O–H groups in total. The van der Waals surface area contributed by atoms with Crippen molar-refractivity contribution in [2.45, 2.75) is 327 Å². The summed E-state index contributed by atoms with van der Waals surface area (Å²) in [5.74, 6) is -3.12. The first-order chi connectivity index (χ1) is 36.6. The first kappa shape index (κ1) is 70.0. The summed E-state index contributed by atoms with van der Waals surface area (Å²) in [6, 6.07) is 0. The van der Waals surface area contributed by atoms with Crippen molar-refractivity contribution >= 4 is 23.9 Å². The summed E-state index contributed by atoms with van der Waals surface area (Å²) in [6.45, 7) is 5.92. The number of hydrogen-bond acceptors (Lipinski definition) is 11. The number of esters is 3. The third kappa shape index (κ3) is 41.7. The van der Waals surface area contributed by atoms with Gasteiger partial charge in [-0.05, 0) is 70.6 Å². The molecule has 75 heavy (non-hydrogen) atoms. The van der Waals surface area contributed by atoms with Crippen LogP contribution in [0.4, 0.5) is 0 Å². The molecule has 1 aliphatic rings. The highest BCUT2D eigenvalue weighted by molar-refractivity contribution is 5.74. The second kappa shape index (κ2) is 51.7. The number of aliphatic hydroxyl groups excluding tert-OH is 2. The van der Waals surface area contributed by atoms with Gasteiger partial charge in [-0.2, -0.15) is 0 Å². The zero-order valence-corrected chi connectivity index (χ0v) is 48.1. The van der Waals surface area contributed by atoms with Gasteiger partial charge in [-0.25, -0.2) is 4.79 Å². The molecule has 1 rings (SSSR count). The largest absolute Gasteiger partial charge is 0.479 e. The van der Waals surface area contributed by atoms with E-state index in [0.29, 0.717) is 19.3 Å². The standard InChI is InChI=1S/C63H112O12/c1-4-7-10-13-16-19-22-25-26-27-28-29-30-33-36-39-42-45-48-51-57(66)74-61-59(68)58(67)60(62(69)70)75-63(61)72-53-54(73-56(65)50-47-44-41-38-35-32-24-21-18-15-12-9-6-3)52-71-55(64)49-46-43-40-37-34-31-23-20-17-14-11-8-5-2/h11,14,20-21,23-24,54,58-61,63,67-68H,4-10,12-13,15-19,22,25-53H2,1-3H3,(H,69,70)/b14-11-,23-20-,24-21-. The predicted molar refractivity (Wildman–Crippen MR) is 303 cm³/mol. The molecule has 0 bridgehead atoms. The fraction of sp³-hybridized carbons (Fsp3) is 0.841. The molecule has 0 saturated carbocycles. The van der Waals surface area contributed by atoms with Crippen LogP contribution in [0.25, 0.3) is 0 Å². The Bertz CT molecular complexity index is 1450. The fourth-order valence-corrected chi connectivity index (χ4v) is 9.40. The maximum atomic E-state index is 13.1. The van der Waals surface area contributed by atoms with Gasteiger partial charge in [-0.1, -0.05) is 237 Å². The van der Waals surface area contributed by atoms with Crippen molar-refractivity contribution in [1.82, 2.24) is 0 Å². The molecule has 6 atom stereocenters. The van der Waals surface area contributed by atoms with Crippen LogP contribution in [0.5, 0.6) is 0 Å². The number of carbonyl (C=O) groups is 4. The summed E-state index contributed by atoms with van der Waals surface area (Å²) < 4.78 is 28.4. The van der Waals surface area contributed by atoms with Gasteiger partial charge in [0.2, 0.25) is 0 Å². The zero-order valence-electron chi connectivity index (χ0n) is 48.1. The lowest BCUT2D eigenvalue weighted by molar-refractivity contribution is -0.301. The molecular weight excluding hydrogens is 949 g/mol. The van der Waals surface area contributed by atoms with Gasteiger partial charge in [0.1, 0.15) is 18.8 Å². The highest BCUT2D eigenvalue weighted by Crippen LogP contribution is 2.27. The Labute approximate surface area is 457 Å². The summed E-state index contributed by atoms with van der Waals surface area (Å²) in [4.78, 5) is 51.1. The molecule has 1 fully saturated rings. The number of carboxylic acid groups (broad SMARTS) is 1. The molecule has 436 valence electrons. The Morgan fingerprint density at radius 2 is 0.827 bits per heavy atom. The number of allylic oxidation sites excluding steroid dienone is 6. The van der Waals surface area contributed by atoms with Gasteiger partial charge >= 0.3 is 23.9 Å². The maximum Gasteiger partial charge on any atom is 0.335 e.